The lowest BCUT2D eigenvalue weighted by Crippen LogP contribution is -2.49. The van der Waals surface area contributed by atoms with E-state index in [9.17, 15) is 4.79 Å². The zero-order chi connectivity index (χ0) is 21.8. The maximum Gasteiger partial charge on any atom is 0.259 e. The van der Waals surface area contributed by atoms with Gasteiger partial charge < -0.3 is 19.5 Å². The monoisotopic (exact) mass is 422 g/mol. The van der Waals surface area contributed by atoms with E-state index >= 15 is 0 Å². The van der Waals surface area contributed by atoms with Crippen LogP contribution in [-0.2, 0) is 10.3 Å². The number of benzene rings is 1. The van der Waals surface area contributed by atoms with Crippen molar-refractivity contribution in [2.45, 2.75) is 50.9 Å². The first-order chi connectivity index (χ1) is 14.8. The Balaban J connectivity index is 1.52. The molecule has 162 valence electrons. The Morgan fingerprint density at radius 1 is 1.32 bits per heavy atom. The molecule has 3 fully saturated rings. The fraction of sp³-hybridized carbons (Fsp3) is 0.435. The van der Waals surface area contributed by atoms with Crippen molar-refractivity contribution in [1.29, 1.82) is 0 Å². The van der Waals surface area contributed by atoms with E-state index in [4.69, 9.17) is 19.3 Å². The molecule has 4 heterocycles. The summed E-state index contributed by atoms with van der Waals surface area (Å²) >= 11 is 0. The number of methoxy groups -OCH3 is 1. The van der Waals surface area contributed by atoms with E-state index in [1.54, 1.807) is 18.3 Å². The molecule has 0 spiro atoms. The second kappa shape index (κ2) is 6.95. The van der Waals surface area contributed by atoms with Crippen LogP contribution in [0.2, 0.25) is 0 Å². The van der Waals surface area contributed by atoms with Crippen molar-refractivity contribution in [3.63, 3.8) is 0 Å². The average Bonchev–Trinajstić information content (AvgIpc) is 3.37. The molecule has 2 saturated heterocycles. The minimum atomic E-state index is -0.296. The van der Waals surface area contributed by atoms with E-state index < -0.39 is 0 Å². The van der Waals surface area contributed by atoms with Gasteiger partial charge in [0, 0.05) is 36.7 Å². The predicted octanol–water partition coefficient (Wildman–Crippen LogP) is 3.76. The van der Waals surface area contributed by atoms with Crippen LogP contribution < -0.4 is 14.8 Å². The van der Waals surface area contributed by atoms with E-state index in [1.165, 1.54) is 7.11 Å². The van der Waals surface area contributed by atoms with Gasteiger partial charge in [0.1, 0.15) is 11.4 Å². The molecular formula is C23H26N4O4. The maximum absolute atomic E-state index is 13.2. The molecular weight excluding hydrogens is 396 g/mol. The Bertz CT molecular complexity index is 1160. The summed E-state index contributed by atoms with van der Waals surface area (Å²) in [6, 6.07) is 7.16. The number of aromatic nitrogens is 3. The summed E-state index contributed by atoms with van der Waals surface area (Å²) in [5.74, 6) is 0.548. The highest BCUT2D eigenvalue weighted by Crippen LogP contribution is 2.55. The molecule has 2 aromatic heterocycles. The first-order valence-corrected chi connectivity index (χ1v) is 10.5. The van der Waals surface area contributed by atoms with Crippen molar-refractivity contribution in [3.05, 3.63) is 42.2 Å². The highest BCUT2D eigenvalue weighted by atomic mass is 16.5. The molecule has 0 atom stereocenters. The standard InChI is InChI=1S/C23H26N4O4/c1-14(2)31-19-9-18-15(10-27(26-18)23-11-22(3,12-23)30-13-23)8-16(19)20(28)25-17-6-5-7-24-21(17)29-4/h5-10,14H,11-13H2,1-4H3,(H,25,28). The van der Waals surface area contributed by atoms with Crippen molar-refractivity contribution in [2.24, 2.45) is 0 Å². The molecule has 6 rings (SSSR count). The summed E-state index contributed by atoms with van der Waals surface area (Å²) in [4.78, 5) is 17.3. The largest absolute Gasteiger partial charge is 0.490 e. The van der Waals surface area contributed by atoms with E-state index in [-0.39, 0.29) is 23.2 Å². The van der Waals surface area contributed by atoms with Crippen molar-refractivity contribution in [1.82, 2.24) is 14.8 Å². The minimum absolute atomic E-state index is 0.0299. The molecule has 8 heteroatoms. The summed E-state index contributed by atoms with van der Waals surface area (Å²) in [5.41, 5.74) is 1.61. The molecule has 1 saturated carbocycles. The SMILES string of the molecule is COc1ncccc1NC(=O)c1cc2cn(C34COC(C)(C3)C4)nc2cc1OC(C)C. The van der Waals surface area contributed by atoms with Crippen LogP contribution in [-0.4, -0.2) is 46.1 Å². The van der Waals surface area contributed by atoms with Gasteiger partial charge in [-0.05, 0) is 39.0 Å². The Labute approximate surface area is 180 Å². The van der Waals surface area contributed by atoms with Gasteiger partial charge in [-0.1, -0.05) is 0 Å². The van der Waals surface area contributed by atoms with Gasteiger partial charge in [-0.2, -0.15) is 5.10 Å². The number of fused-ring (bicyclic) bond motifs is 2. The fourth-order valence-corrected chi connectivity index (χ4v) is 4.74. The van der Waals surface area contributed by atoms with Crippen molar-refractivity contribution in [2.75, 3.05) is 19.0 Å². The highest BCUT2D eigenvalue weighted by Gasteiger charge is 2.61. The van der Waals surface area contributed by atoms with Crippen LogP contribution >= 0.6 is 0 Å². The topological polar surface area (TPSA) is 87.5 Å². The molecule has 3 aliphatic rings. The summed E-state index contributed by atoms with van der Waals surface area (Å²) < 4.78 is 19.2. The van der Waals surface area contributed by atoms with Crippen LogP contribution in [0.3, 0.4) is 0 Å². The van der Waals surface area contributed by atoms with Gasteiger partial charge in [0.2, 0.25) is 5.88 Å². The molecule has 1 amide bonds. The second-order valence-corrected chi connectivity index (χ2v) is 8.98. The summed E-state index contributed by atoms with van der Waals surface area (Å²) in [5, 5.41) is 8.58. The molecule has 1 N–H and O–H groups in total. The third-order valence-corrected chi connectivity index (χ3v) is 6.01. The zero-order valence-corrected chi connectivity index (χ0v) is 18.1. The average molecular weight is 422 g/mol. The number of amides is 1. The predicted molar refractivity (Wildman–Crippen MR) is 116 cm³/mol. The molecule has 1 aromatic carbocycles. The quantitative estimate of drug-likeness (QED) is 0.651. The fourth-order valence-electron chi connectivity index (χ4n) is 4.74. The number of carbonyl (C=O) groups is 1. The Kier molecular flexibility index (Phi) is 4.44. The molecule has 0 unspecified atom stereocenters. The van der Waals surface area contributed by atoms with Gasteiger partial charge >= 0.3 is 0 Å². The normalized spacial score (nSPS) is 24.3. The smallest absolute Gasteiger partial charge is 0.259 e. The number of carbonyl (C=O) groups excluding carboxylic acids is 1. The minimum Gasteiger partial charge on any atom is -0.490 e. The Morgan fingerprint density at radius 2 is 2.13 bits per heavy atom. The maximum atomic E-state index is 13.2. The second-order valence-electron chi connectivity index (χ2n) is 8.98. The highest BCUT2D eigenvalue weighted by molar-refractivity contribution is 6.08. The first-order valence-electron chi connectivity index (χ1n) is 10.5. The number of nitrogens with one attached hydrogen (secondary N) is 1. The molecule has 2 aliphatic heterocycles. The van der Waals surface area contributed by atoms with Gasteiger partial charge in [-0.25, -0.2) is 4.98 Å². The molecule has 8 nitrogen and oxygen atoms in total. The number of rotatable bonds is 6. The number of nitrogens with zero attached hydrogens (tertiary/aromatic N) is 3. The third kappa shape index (κ3) is 3.31. The summed E-state index contributed by atoms with van der Waals surface area (Å²) in [7, 11) is 1.52. The number of anilines is 1. The van der Waals surface area contributed by atoms with Crippen LogP contribution in [0.4, 0.5) is 5.69 Å². The van der Waals surface area contributed by atoms with Gasteiger partial charge in [-0.3, -0.25) is 9.48 Å². The third-order valence-electron chi connectivity index (χ3n) is 6.01. The Hall–Kier alpha value is -3.13. The summed E-state index contributed by atoms with van der Waals surface area (Å²) in [6.07, 6.45) is 5.44. The first kappa shape index (κ1) is 19.8. The molecule has 3 aromatic rings. The zero-order valence-electron chi connectivity index (χ0n) is 18.1. The Morgan fingerprint density at radius 3 is 2.81 bits per heavy atom. The van der Waals surface area contributed by atoms with Gasteiger partial charge in [-0.15, -0.1) is 0 Å². The van der Waals surface area contributed by atoms with E-state index in [0.29, 0.717) is 29.5 Å². The van der Waals surface area contributed by atoms with Gasteiger partial charge in [0.05, 0.1) is 42.0 Å². The molecule has 31 heavy (non-hydrogen) atoms. The van der Waals surface area contributed by atoms with E-state index in [1.807, 2.05) is 36.9 Å². The van der Waals surface area contributed by atoms with Crippen molar-refractivity contribution in [3.8, 4) is 11.6 Å². The van der Waals surface area contributed by atoms with Crippen molar-refractivity contribution < 1.29 is 19.0 Å². The molecule has 0 radical (unpaired) electrons. The van der Waals surface area contributed by atoms with Crippen LogP contribution in [0.1, 0.15) is 44.0 Å². The number of hydrogen-bond acceptors (Lipinski definition) is 6. The lowest BCUT2D eigenvalue weighted by atomic mass is 9.69. The summed E-state index contributed by atoms with van der Waals surface area (Å²) in [6.45, 7) is 6.67. The van der Waals surface area contributed by atoms with Gasteiger partial charge in [0.25, 0.3) is 5.91 Å². The number of hydrogen-bond donors (Lipinski definition) is 1. The number of ether oxygens (including phenoxy) is 3. The molecule has 2 bridgehead atoms. The van der Waals surface area contributed by atoms with E-state index in [0.717, 1.165) is 23.7 Å². The van der Waals surface area contributed by atoms with Gasteiger partial charge in [0.15, 0.2) is 0 Å². The van der Waals surface area contributed by atoms with Crippen LogP contribution in [0, 0.1) is 0 Å². The lowest BCUT2D eigenvalue weighted by molar-refractivity contribution is 0.00383. The van der Waals surface area contributed by atoms with Crippen LogP contribution in [0.15, 0.2) is 36.7 Å². The van der Waals surface area contributed by atoms with Crippen LogP contribution in [0.5, 0.6) is 11.6 Å². The van der Waals surface area contributed by atoms with Crippen LogP contribution in [0.25, 0.3) is 10.9 Å². The lowest BCUT2D eigenvalue weighted by Gasteiger charge is -2.42. The van der Waals surface area contributed by atoms with E-state index in [2.05, 4.69) is 17.2 Å². The molecule has 1 aliphatic carbocycles. The number of pyridine rings is 1. The van der Waals surface area contributed by atoms with Crippen molar-refractivity contribution >= 4 is 22.5 Å².